The van der Waals surface area contributed by atoms with Crippen LogP contribution in [0.2, 0.25) is 0 Å². The Hall–Kier alpha value is -11.5. The van der Waals surface area contributed by atoms with Gasteiger partial charge >= 0.3 is 0 Å². The molecule has 0 aliphatic heterocycles. The second-order valence-corrected chi connectivity index (χ2v) is 27.9. The van der Waals surface area contributed by atoms with E-state index in [1.165, 1.54) is 93.5 Å². The van der Waals surface area contributed by atoms with Gasteiger partial charge in [0.05, 0.1) is 0 Å². The summed E-state index contributed by atoms with van der Waals surface area (Å²) >= 11 is 5.49. The first-order valence-corrected chi connectivity index (χ1v) is 34.1. The Morgan fingerprint density at radius 3 is 1.31 bits per heavy atom. The number of hydrogen-bond acceptors (Lipinski definition) is 8. The summed E-state index contributed by atoms with van der Waals surface area (Å²) in [6, 6.07) is 106. The number of thiophene rings is 3. The number of nitrogens with zero attached hydrogens (tertiary/aromatic N) is 2. The first-order chi connectivity index (χ1) is 46.5. The highest BCUT2D eigenvalue weighted by Gasteiger charge is 2.23. The van der Waals surface area contributed by atoms with Gasteiger partial charge in [0.25, 0.3) is 0 Å². The lowest BCUT2D eigenvalue weighted by molar-refractivity contribution is 0.669. The standard InChI is InChI=1S/C86H48N2O3S3/c1-3-11-49(12-4-1)50-21-24-58(25-22-50)88(59-26-30-64-63-17-9-10-18-73(63)89-76(64)45-59)62-29-33-69-82(48-62)94-79-38-35-67-71-41-55-20-19-53(39-56(55)44-75(71)91-86(67)84(69)79)54-23-36-77-72(42-54)65-31-27-60(46-80(65)92-77)87(57-15-5-2-6-16-57)61-28-32-68-81(47-61)93-78-37-34-66-70-40-51-13-7-8-14-52(51)43-74(70)90-85(66)83(68)78/h1-48H. The minimum Gasteiger partial charge on any atom is -0.456 e. The average molecular weight is 1250 g/mol. The van der Waals surface area contributed by atoms with Crippen molar-refractivity contribution in [3.63, 3.8) is 0 Å². The topological polar surface area (TPSA) is 45.9 Å². The molecule has 0 spiro atoms. The second-order valence-electron chi connectivity index (χ2n) is 24.7. The summed E-state index contributed by atoms with van der Waals surface area (Å²) < 4.78 is 27.6. The molecule has 6 heterocycles. The lowest BCUT2D eigenvalue weighted by atomic mass is 9.98. The average Bonchev–Trinajstić information content (AvgIpc) is 1.62. The van der Waals surface area contributed by atoms with Gasteiger partial charge < -0.3 is 23.1 Å². The molecule has 6 aromatic heterocycles. The highest BCUT2D eigenvalue weighted by Crippen LogP contribution is 2.50. The maximum absolute atomic E-state index is 7.04. The van der Waals surface area contributed by atoms with Gasteiger partial charge in [-0.1, -0.05) is 140 Å². The minimum atomic E-state index is 0.860. The summed E-state index contributed by atoms with van der Waals surface area (Å²) in [4.78, 5) is 4.73. The fraction of sp³-hybridized carbons (Fsp3) is 0. The van der Waals surface area contributed by atoms with Crippen molar-refractivity contribution in [2.45, 2.75) is 0 Å². The van der Waals surface area contributed by atoms with E-state index in [1.54, 1.807) is 0 Å². The van der Waals surface area contributed by atoms with Gasteiger partial charge in [-0.15, -0.1) is 34.0 Å². The number of para-hydroxylation sites is 2. The lowest BCUT2D eigenvalue weighted by Crippen LogP contribution is -2.09. The Kier molecular flexibility index (Phi) is 11.1. The molecule has 438 valence electrons. The van der Waals surface area contributed by atoms with Crippen LogP contribution in [0.5, 0.6) is 0 Å². The van der Waals surface area contributed by atoms with E-state index >= 15 is 0 Å². The van der Waals surface area contributed by atoms with E-state index in [0.717, 1.165) is 111 Å². The normalized spacial score (nSPS) is 12.3. The zero-order valence-corrected chi connectivity index (χ0v) is 52.5. The number of benzene rings is 15. The highest BCUT2D eigenvalue weighted by atomic mass is 32.1. The molecule has 0 fully saturated rings. The molecule has 0 aliphatic rings. The van der Waals surface area contributed by atoms with Crippen LogP contribution in [0.1, 0.15) is 0 Å². The van der Waals surface area contributed by atoms with Crippen LogP contribution >= 0.6 is 34.0 Å². The van der Waals surface area contributed by atoms with E-state index in [2.05, 4.69) is 289 Å². The molecule has 0 aliphatic carbocycles. The Bertz CT molecular complexity index is 6750. The van der Waals surface area contributed by atoms with Crippen molar-refractivity contribution in [1.29, 1.82) is 0 Å². The monoisotopic (exact) mass is 1250 g/mol. The Labute approximate surface area is 548 Å². The fourth-order valence-electron chi connectivity index (χ4n) is 14.9. The molecule has 0 unspecified atom stereocenters. The van der Waals surface area contributed by atoms with Gasteiger partial charge in [0, 0.05) is 133 Å². The van der Waals surface area contributed by atoms with Gasteiger partial charge in [-0.2, -0.15) is 0 Å². The van der Waals surface area contributed by atoms with Crippen molar-refractivity contribution in [1.82, 2.24) is 0 Å². The van der Waals surface area contributed by atoms with Crippen LogP contribution in [0.4, 0.5) is 34.1 Å². The smallest absolute Gasteiger partial charge is 0.144 e. The molecule has 0 radical (unpaired) electrons. The van der Waals surface area contributed by atoms with Gasteiger partial charge in [0.2, 0.25) is 0 Å². The van der Waals surface area contributed by atoms with Crippen molar-refractivity contribution >= 4 is 216 Å². The van der Waals surface area contributed by atoms with Crippen molar-refractivity contribution in [3.8, 4) is 22.3 Å². The Morgan fingerprint density at radius 1 is 0.202 bits per heavy atom. The van der Waals surface area contributed by atoms with Crippen molar-refractivity contribution in [2.24, 2.45) is 0 Å². The molecule has 0 bridgehead atoms. The molecule has 15 aromatic carbocycles. The summed E-state index contributed by atoms with van der Waals surface area (Å²) in [6.45, 7) is 0. The van der Waals surface area contributed by atoms with E-state index in [-0.39, 0.29) is 0 Å². The first-order valence-electron chi connectivity index (χ1n) is 31.6. The third kappa shape index (κ3) is 7.98. The van der Waals surface area contributed by atoms with Crippen molar-refractivity contribution < 1.29 is 13.3 Å². The molecular formula is C86H48N2O3S3. The molecular weight excluding hydrogens is 1210 g/mol. The number of rotatable bonds is 8. The number of anilines is 6. The maximum atomic E-state index is 7.04. The number of furan rings is 3. The predicted octanol–water partition coefficient (Wildman–Crippen LogP) is 27.1. The van der Waals surface area contributed by atoms with Crippen LogP contribution in [-0.4, -0.2) is 0 Å². The predicted molar refractivity (Wildman–Crippen MR) is 402 cm³/mol. The van der Waals surface area contributed by atoms with E-state index in [4.69, 9.17) is 13.3 Å². The van der Waals surface area contributed by atoms with Crippen molar-refractivity contribution in [3.05, 3.63) is 291 Å². The summed E-state index contributed by atoms with van der Waals surface area (Å²) in [5, 5.41) is 18.7. The van der Waals surface area contributed by atoms with Gasteiger partial charge in [-0.05, 0) is 189 Å². The molecule has 0 saturated carbocycles. The number of hydrogen-bond donors (Lipinski definition) is 0. The maximum Gasteiger partial charge on any atom is 0.144 e. The third-order valence-electron chi connectivity index (χ3n) is 19.4. The summed E-state index contributed by atoms with van der Waals surface area (Å²) in [7, 11) is 0. The second kappa shape index (κ2) is 20.0. The lowest BCUT2D eigenvalue weighted by Gasteiger charge is -2.26. The van der Waals surface area contributed by atoms with E-state index in [1.807, 2.05) is 46.1 Å². The molecule has 0 atom stereocenters. The molecule has 0 saturated heterocycles. The van der Waals surface area contributed by atoms with Crippen molar-refractivity contribution in [2.75, 3.05) is 9.80 Å². The van der Waals surface area contributed by atoms with Gasteiger partial charge in [-0.3, -0.25) is 0 Å². The fourth-order valence-corrected chi connectivity index (χ4v) is 18.3. The summed E-state index contributed by atoms with van der Waals surface area (Å²) in [5.41, 5.74) is 16.6. The summed E-state index contributed by atoms with van der Waals surface area (Å²) in [6.07, 6.45) is 0. The minimum absolute atomic E-state index is 0.860. The largest absolute Gasteiger partial charge is 0.456 e. The highest BCUT2D eigenvalue weighted by molar-refractivity contribution is 7.26. The van der Waals surface area contributed by atoms with Gasteiger partial charge in [0.1, 0.15) is 33.5 Å². The van der Waals surface area contributed by atoms with E-state index < -0.39 is 0 Å². The SMILES string of the molecule is c1ccc(-c2ccc(N(c3ccc4c(c3)oc3ccccc34)c3ccc4c(c3)sc3ccc5c6cc7ccc(-c8ccc9sc%10cc(N(c%11ccccc%11)c%11ccc%12c(c%11)sc%11ccc%13c%14cc%15ccccc%15cc%14oc%13c%11%12)ccc%10c9c8)cc7cc6oc5c34)cc2)cc1. The molecule has 21 rings (SSSR count). The Balaban J connectivity index is 0.617. The van der Waals surface area contributed by atoms with Crippen LogP contribution in [0.3, 0.4) is 0 Å². The summed E-state index contributed by atoms with van der Waals surface area (Å²) in [5.74, 6) is 0. The zero-order valence-electron chi connectivity index (χ0n) is 50.1. The number of fused-ring (bicyclic) bond motifs is 22. The molecule has 21 aromatic rings. The quantitative estimate of drug-likeness (QED) is 0.152. The molecule has 8 heteroatoms. The van der Waals surface area contributed by atoms with Crippen LogP contribution < -0.4 is 9.80 Å². The van der Waals surface area contributed by atoms with Crippen LogP contribution in [0.15, 0.2) is 304 Å². The van der Waals surface area contributed by atoms with E-state index in [9.17, 15) is 0 Å². The molecule has 94 heavy (non-hydrogen) atoms. The van der Waals surface area contributed by atoms with E-state index in [0.29, 0.717) is 0 Å². The Morgan fingerprint density at radius 2 is 0.638 bits per heavy atom. The third-order valence-corrected chi connectivity index (χ3v) is 22.7. The van der Waals surface area contributed by atoms with Crippen LogP contribution in [0, 0.1) is 0 Å². The van der Waals surface area contributed by atoms with Crippen LogP contribution in [0.25, 0.3) is 170 Å². The van der Waals surface area contributed by atoms with Gasteiger partial charge in [-0.25, -0.2) is 0 Å². The first kappa shape index (κ1) is 52.1. The van der Waals surface area contributed by atoms with Gasteiger partial charge in [0.15, 0.2) is 0 Å². The molecule has 0 amide bonds. The van der Waals surface area contributed by atoms with Crippen LogP contribution in [-0.2, 0) is 0 Å². The zero-order chi connectivity index (χ0) is 61.3. The molecule has 0 N–H and O–H groups in total. The molecule has 5 nitrogen and oxygen atoms in total.